The Kier molecular flexibility index (Phi) is 4.95. The van der Waals surface area contributed by atoms with Gasteiger partial charge in [0.2, 0.25) is 5.56 Å². The van der Waals surface area contributed by atoms with Gasteiger partial charge in [0.15, 0.2) is 0 Å². The zero-order valence-electron chi connectivity index (χ0n) is 15.5. The third-order valence-corrected chi connectivity index (χ3v) is 4.54. The van der Waals surface area contributed by atoms with Gasteiger partial charge in [0.1, 0.15) is 5.56 Å². The summed E-state index contributed by atoms with van der Waals surface area (Å²) >= 11 is 5.88. The van der Waals surface area contributed by atoms with Gasteiger partial charge in [-0.1, -0.05) is 38.4 Å². The van der Waals surface area contributed by atoms with Gasteiger partial charge in [-0.2, -0.15) is 0 Å². The number of nitro groups is 1. The van der Waals surface area contributed by atoms with Gasteiger partial charge in [0, 0.05) is 28.2 Å². The molecule has 0 atom stereocenters. The lowest BCUT2D eigenvalue weighted by molar-refractivity contribution is -0.385. The first-order valence-electron chi connectivity index (χ1n) is 8.49. The SMILES string of the molecule is CC(C)(C)c1cc(=O)[nH]c2cc(NC(=O)c3cc(Cl)ccc3[N+](=O)[O-])ccc12. The minimum atomic E-state index is -0.664. The van der Waals surface area contributed by atoms with E-state index in [2.05, 4.69) is 10.3 Å². The van der Waals surface area contributed by atoms with Crippen molar-refractivity contribution in [1.29, 1.82) is 0 Å². The molecule has 3 aromatic rings. The van der Waals surface area contributed by atoms with Crippen molar-refractivity contribution in [2.45, 2.75) is 26.2 Å². The van der Waals surface area contributed by atoms with Crippen LogP contribution in [-0.2, 0) is 5.41 Å². The second kappa shape index (κ2) is 7.09. The van der Waals surface area contributed by atoms with Crippen molar-refractivity contribution in [2.75, 3.05) is 5.32 Å². The number of benzene rings is 2. The summed E-state index contributed by atoms with van der Waals surface area (Å²) in [6.07, 6.45) is 0. The number of hydrogen-bond donors (Lipinski definition) is 2. The first-order chi connectivity index (χ1) is 13.1. The summed E-state index contributed by atoms with van der Waals surface area (Å²) in [6.45, 7) is 6.03. The Balaban J connectivity index is 2.02. The molecule has 2 aromatic carbocycles. The van der Waals surface area contributed by atoms with Gasteiger partial charge in [0.25, 0.3) is 11.6 Å². The van der Waals surface area contributed by atoms with Crippen molar-refractivity contribution in [2.24, 2.45) is 0 Å². The second-order valence-corrected chi connectivity index (χ2v) is 7.87. The lowest BCUT2D eigenvalue weighted by Gasteiger charge is -2.21. The van der Waals surface area contributed by atoms with Crippen LogP contribution in [0.15, 0.2) is 47.3 Å². The zero-order valence-corrected chi connectivity index (χ0v) is 16.3. The Morgan fingerprint density at radius 2 is 1.86 bits per heavy atom. The molecule has 0 fully saturated rings. The van der Waals surface area contributed by atoms with Crippen LogP contribution >= 0.6 is 11.6 Å². The van der Waals surface area contributed by atoms with E-state index in [1.54, 1.807) is 24.3 Å². The van der Waals surface area contributed by atoms with Crippen molar-refractivity contribution in [3.8, 4) is 0 Å². The van der Waals surface area contributed by atoms with Crippen molar-refractivity contribution < 1.29 is 9.72 Å². The normalized spacial score (nSPS) is 11.4. The van der Waals surface area contributed by atoms with E-state index in [1.807, 2.05) is 20.8 Å². The molecule has 0 aliphatic rings. The Morgan fingerprint density at radius 1 is 1.14 bits per heavy atom. The molecule has 1 aromatic heterocycles. The van der Waals surface area contributed by atoms with Crippen LogP contribution in [0.2, 0.25) is 5.02 Å². The van der Waals surface area contributed by atoms with E-state index in [0.29, 0.717) is 11.2 Å². The number of aromatic nitrogens is 1. The average molecular weight is 400 g/mol. The number of nitro benzene ring substituents is 1. The van der Waals surface area contributed by atoms with Crippen LogP contribution in [-0.4, -0.2) is 15.8 Å². The maximum Gasteiger partial charge on any atom is 0.282 e. The van der Waals surface area contributed by atoms with E-state index in [0.717, 1.165) is 10.9 Å². The lowest BCUT2D eigenvalue weighted by Crippen LogP contribution is -2.18. The van der Waals surface area contributed by atoms with Crippen molar-refractivity contribution in [3.63, 3.8) is 0 Å². The summed E-state index contributed by atoms with van der Waals surface area (Å²) in [5.41, 5.74) is 0.879. The molecule has 0 bridgehead atoms. The Hall–Kier alpha value is -3.19. The van der Waals surface area contributed by atoms with Crippen LogP contribution in [0.3, 0.4) is 0 Å². The number of H-pyrrole nitrogens is 1. The standard InChI is InChI=1S/C20H18ClN3O4/c1-20(2,3)15-10-18(25)23-16-9-12(5-6-13(15)16)22-19(26)14-8-11(21)4-7-17(14)24(27)28/h4-10H,1-3H3,(H,22,26)(H,23,25). The predicted molar refractivity (Wildman–Crippen MR) is 109 cm³/mol. The number of aromatic amines is 1. The molecule has 0 saturated heterocycles. The molecule has 1 amide bonds. The highest BCUT2D eigenvalue weighted by molar-refractivity contribution is 6.31. The molecular formula is C20H18ClN3O4. The quantitative estimate of drug-likeness (QED) is 0.494. The van der Waals surface area contributed by atoms with Gasteiger partial charge in [-0.05, 0) is 35.2 Å². The van der Waals surface area contributed by atoms with Gasteiger partial charge in [-0.25, -0.2) is 0 Å². The van der Waals surface area contributed by atoms with Crippen molar-refractivity contribution in [1.82, 2.24) is 4.98 Å². The predicted octanol–water partition coefficient (Wildman–Crippen LogP) is 4.64. The molecule has 1 heterocycles. The molecule has 7 nitrogen and oxygen atoms in total. The fourth-order valence-corrected chi connectivity index (χ4v) is 3.18. The van der Waals surface area contributed by atoms with E-state index < -0.39 is 10.8 Å². The number of nitrogens with zero attached hydrogens (tertiary/aromatic N) is 1. The third-order valence-electron chi connectivity index (χ3n) is 4.31. The van der Waals surface area contributed by atoms with E-state index in [4.69, 9.17) is 11.6 Å². The number of amides is 1. The van der Waals surface area contributed by atoms with E-state index in [9.17, 15) is 19.7 Å². The number of halogens is 1. The number of fused-ring (bicyclic) bond motifs is 1. The zero-order chi connectivity index (χ0) is 20.6. The Bertz CT molecular complexity index is 1160. The van der Waals surface area contributed by atoms with Crippen molar-refractivity contribution >= 4 is 39.8 Å². The molecule has 0 spiro atoms. The molecule has 0 aliphatic heterocycles. The highest BCUT2D eigenvalue weighted by Crippen LogP contribution is 2.30. The topological polar surface area (TPSA) is 105 Å². The summed E-state index contributed by atoms with van der Waals surface area (Å²) < 4.78 is 0. The monoisotopic (exact) mass is 399 g/mol. The fraction of sp³-hybridized carbons (Fsp3) is 0.200. The molecule has 3 rings (SSSR count). The maximum absolute atomic E-state index is 12.6. The highest BCUT2D eigenvalue weighted by Gasteiger charge is 2.21. The third kappa shape index (κ3) is 3.89. The summed E-state index contributed by atoms with van der Waals surface area (Å²) in [4.78, 5) is 37.9. The molecule has 144 valence electrons. The first kappa shape index (κ1) is 19.6. The summed E-state index contributed by atoms with van der Waals surface area (Å²) in [6, 6.07) is 10.5. The second-order valence-electron chi connectivity index (χ2n) is 7.43. The number of rotatable bonds is 3. The maximum atomic E-state index is 12.6. The molecule has 0 aliphatic carbocycles. The average Bonchev–Trinajstić information content (AvgIpc) is 2.59. The van der Waals surface area contributed by atoms with Crippen LogP contribution < -0.4 is 10.9 Å². The van der Waals surface area contributed by atoms with Crippen LogP contribution in [0.1, 0.15) is 36.7 Å². The smallest absolute Gasteiger partial charge is 0.282 e. The summed E-state index contributed by atoms with van der Waals surface area (Å²) in [7, 11) is 0. The van der Waals surface area contributed by atoms with Gasteiger partial charge in [-0.15, -0.1) is 0 Å². The minimum Gasteiger partial charge on any atom is -0.322 e. The number of carbonyl (C=O) groups is 1. The van der Waals surface area contributed by atoms with Gasteiger partial charge >= 0.3 is 0 Å². The molecule has 8 heteroatoms. The van der Waals surface area contributed by atoms with Crippen molar-refractivity contribution in [3.05, 3.63) is 79.1 Å². The van der Waals surface area contributed by atoms with Crippen LogP contribution in [0.4, 0.5) is 11.4 Å². The number of hydrogen-bond acceptors (Lipinski definition) is 4. The number of anilines is 1. The minimum absolute atomic E-state index is 0.144. The summed E-state index contributed by atoms with van der Waals surface area (Å²) in [5.74, 6) is -0.664. The van der Waals surface area contributed by atoms with E-state index in [-0.39, 0.29) is 27.2 Å². The van der Waals surface area contributed by atoms with Crippen LogP contribution in [0, 0.1) is 10.1 Å². The highest BCUT2D eigenvalue weighted by atomic mass is 35.5. The van der Waals surface area contributed by atoms with E-state index in [1.165, 1.54) is 18.2 Å². The molecule has 2 N–H and O–H groups in total. The van der Waals surface area contributed by atoms with E-state index >= 15 is 0 Å². The Morgan fingerprint density at radius 3 is 2.50 bits per heavy atom. The molecule has 0 unspecified atom stereocenters. The number of nitrogens with one attached hydrogen (secondary N) is 2. The number of carbonyl (C=O) groups excluding carboxylic acids is 1. The molecule has 0 radical (unpaired) electrons. The lowest BCUT2D eigenvalue weighted by atomic mass is 9.85. The Labute approximate surface area is 165 Å². The molecular weight excluding hydrogens is 382 g/mol. The molecule has 28 heavy (non-hydrogen) atoms. The van der Waals surface area contributed by atoms with Crippen LogP contribution in [0.25, 0.3) is 10.9 Å². The number of pyridine rings is 1. The summed E-state index contributed by atoms with van der Waals surface area (Å²) in [5, 5.41) is 14.9. The first-order valence-corrected chi connectivity index (χ1v) is 8.87. The molecule has 0 saturated carbocycles. The van der Waals surface area contributed by atoms with Gasteiger partial charge in [0.05, 0.1) is 10.4 Å². The largest absolute Gasteiger partial charge is 0.322 e. The fourth-order valence-electron chi connectivity index (χ4n) is 3.01. The van der Waals surface area contributed by atoms with Gasteiger partial charge < -0.3 is 10.3 Å². The van der Waals surface area contributed by atoms with Crippen LogP contribution in [0.5, 0.6) is 0 Å². The van der Waals surface area contributed by atoms with Gasteiger partial charge in [-0.3, -0.25) is 19.7 Å².